The Hall–Kier alpha value is -1.83. The van der Waals surface area contributed by atoms with E-state index in [1.807, 2.05) is 42.7 Å². The van der Waals surface area contributed by atoms with Crippen molar-refractivity contribution in [1.82, 2.24) is 9.21 Å². The molecule has 154 valence electrons. The molecule has 29 heavy (non-hydrogen) atoms. The van der Waals surface area contributed by atoms with Crippen LogP contribution in [0.25, 0.3) is 0 Å². The van der Waals surface area contributed by atoms with Crippen molar-refractivity contribution in [3.05, 3.63) is 59.2 Å². The van der Waals surface area contributed by atoms with Crippen molar-refractivity contribution in [2.24, 2.45) is 0 Å². The lowest BCUT2D eigenvalue weighted by Crippen LogP contribution is -2.50. The largest absolute Gasteiger partial charge is 0.336 e. The third kappa shape index (κ3) is 4.09. The van der Waals surface area contributed by atoms with Gasteiger partial charge in [-0.25, -0.2) is 8.42 Å². The number of thioether (sulfide) groups is 1. The maximum Gasteiger partial charge on any atom is 0.255 e. The van der Waals surface area contributed by atoms with Crippen LogP contribution in [0.15, 0.2) is 52.3 Å². The number of rotatable bonds is 4. The molecule has 0 bridgehead atoms. The lowest BCUT2D eigenvalue weighted by Gasteiger charge is -2.34. The number of fused-ring (bicyclic) bond motifs is 1. The minimum absolute atomic E-state index is 0.0271. The molecule has 1 heterocycles. The van der Waals surface area contributed by atoms with E-state index in [4.69, 9.17) is 0 Å². The fraction of sp³-hybridized carbons (Fsp3) is 0.409. The molecule has 2 aromatic carbocycles. The van der Waals surface area contributed by atoms with Crippen LogP contribution in [0.3, 0.4) is 0 Å². The van der Waals surface area contributed by atoms with Crippen LogP contribution in [0.2, 0.25) is 0 Å². The van der Waals surface area contributed by atoms with Gasteiger partial charge in [0.2, 0.25) is 10.0 Å². The minimum Gasteiger partial charge on any atom is -0.336 e. The average molecular weight is 431 g/mol. The Morgan fingerprint density at radius 1 is 0.931 bits per heavy atom. The Labute approximate surface area is 177 Å². The summed E-state index contributed by atoms with van der Waals surface area (Å²) in [5, 5.41) is 0. The predicted octanol–water partition coefficient (Wildman–Crippen LogP) is 3.43. The molecular weight excluding hydrogens is 404 g/mol. The van der Waals surface area contributed by atoms with Gasteiger partial charge >= 0.3 is 0 Å². The van der Waals surface area contributed by atoms with Crippen LogP contribution in [-0.4, -0.2) is 56.0 Å². The van der Waals surface area contributed by atoms with Crippen molar-refractivity contribution in [2.75, 3.05) is 32.4 Å². The summed E-state index contributed by atoms with van der Waals surface area (Å²) < 4.78 is 27.8. The van der Waals surface area contributed by atoms with Crippen LogP contribution >= 0.6 is 11.8 Å². The van der Waals surface area contributed by atoms with Gasteiger partial charge in [0.1, 0.15) is 0 Å². The summed E-state index contributed by atoms with van der Waals surface area (Å²) in [5.41, 5.74) is 3.13. The highest BCUT2D eigenvalue weighted by atomic mass is 32.2. The molecule has 1 aliphatic heterocycles. The van der Waals surface area contributed by atoms with Crippen molar-refractivity contribution in [3.63, 3.8) is 0 Å². The number of hydrogen-bond donors (Lipinski definition) is 0. The highest BCUT2D eigenvalue weighted by molar-refractivity contribution is 7.98. The molecule has 5 nitrogen and oxygen atoms in total. The zero-order chi connectivity index (χ0) is 20.4. The van der Waals surface area contributed by atoms with E-state index in [2.05, 4.69) is 0 Å². The van der Waals surface area contributed by atoms with Crippen molar-refractivity contribution < 1.29 is 13.2 Å². The fourth-order valence-electron chi connectivity index (χ4n) is 4.14. The summed E-state index contributed by atoms with van der Waals surface area (Å²) in [7, 11) is -3.53. The number of piperazine rings is 1. The summed E-state index contributed by atoms with van der Waals surface area (Å²) in [6.07, 6.45) is 6.24. The van der Waals surface area contributed by atoms with Gasteiger partial charge in [0.05, 0.1) is 10.5 Å². The monoisotopic (exact) mass is 430 g/mol. The summed E-state index contributed by atoms with van der Waals surface area (Å²) in [6.45, 7) is 1.47. The van der Waals surface area contributed by atoms with Crippen LogP contribution in [0.1, 0.15) is 34.3 Å². The van der Waals surface area contributed by atoms with E-state index in [0.29, 0.717) is 36.6 Å². The molecule has 1 saturated heterocycles. The zero-order valence-corrected chi connectivity index (χ0v) is 18.3. The molecule has 0 N–H and O–H groups in total. The van der Waals surface area contributed by atoms with Gasteiger partial charge in [-0.2, -0.15) is 4.31 Å². The van der Waals surface area contributed by atoms with Crippen LogP contribution in [0.5, 0.6) is 0 Å². The number of aryl methyl sites for hydroxylation is 2. The van der Waals surface area contributed by atoms with Gasteiger partial charge in [-0.15, -0.1) is 11.8 Å². The summed E-state index contributed by atoms with van der Waals surface area (Å²) in [6, 6.07) is 13.1. The number of carbonyl (C=O) groups excluding carboxylic acids is 1. The molecule has 1 amide bonds. The maximum absolute atomic E-state index is 13.1. The van der Waals surface area contributed by atoms with Crippen molar-refractivity contribution >= 4 is 27.7 Å². The summed E-state index contributed by atoms with van der Waals surface area (Å²) in [4.78, 5) is 16.0. The van der Waals surface area contributed by atoms with E-state index in [9.17, 15) is 13.2 Å². The van der Waals surface area contributed by atoms with Crippen LogP contribution in [0, 0.1) is 0 Å². The summed E-state index contributed by atoms with van der Waals surface area (Å²) in [5.74, 6) is -0.0271. The predicted molar refractivity (Wildman–Crippen MR) is 116 cm³/mol. The lowest BCUT2D eigenvalue weighted by atomic mass is 9.92. The molecule has 4 rings (SSSR count). The smallest absolute Gasteiger partial charge is 0.255 e. The minimum atomic E-state index is -3.53. The normalized spacial score (nSPS) is 17.8. The first-order valence-corrected chi connectivity index (χ1v) is 12.7. The zero-order valence-electron chi connectivity index (χ0n) is 16.6. The Bertz CT molecular complexity index is 1010. The van der Waals surface area contributed by atoms with Gasteiger partial charge in [0, 0.05) is 31.1 Å². The first kappa shape index (κ1) is 20.4. The van der Waals surface area contributed by atoms with E-state index in [-0.39, 0.29) is 5.91 Å². The van der Waals surface area contributed by atoms with Gasteiger partial charge in [0.15, 0.2) is 0 Å². The number of benzene rings is 2. The maximum atomic E-state index is 13.1. The Kier molecular flexibility index (Phi) is 5.99. The van der Waals surface area contributed by atoms with E-state index >= 15 is 0 Å². The molecule has 0 aromatic heterocycles. The molecule has 1 fully saturated rings. The number of amides is 1. The third-order valence-corrected chi connectivity index (χ3v) is 8.51. The Morgan fingerprint density at radius 2 is 1.62 bits per heavy atom. The van der Waals surface area contributed by atoms with Crippen molar-refractivity contribution in [2.45, 2.75) is 35.5 Å². The third-order valence-electron chi connectivity index (χ3n) is 5.82. The molecule has 1 aliphatic carbocycles. The van der Waals surface area contributed by atoms with Crippen LogP contribution in [0.4, 0.5) is 0 Å². The second-order valence-corrected chi connectivity index (χ2v) is 10.3. The first-order chi connectivity index (χ1) is 14.0. The van der Waals surface area contributed by atoms with Crippen LogP contribution < -0.4 is 0 Å². The highest BCUT2D eigenvalue weighted by Crippen LogP contribution is 2.27. The second-order valence-electron chi connectivity index (χ2n) is 7.53. The van der Waals surface area contributed by atoms with E-state index in [1.54, 1.807) is 22.7 Å². The van der Waals surface area contributed by atoms with E-state index < -0.39 is 10.0 Å². The molecule has 0 saturated carbocycles. The van der Waals surface area contributed by atoms with Gasteiger partial charge < -0.3 is 4.90 Å². The second kappa shape index (κ2) is 8.50. The fourth-order valence-corrected chi connectivity index (χ4v) is 6.21. The lowest BCUT2D eigenvalue weighted by molar-refractivity contribution is 0.0694. The number of hydrogen-bond acceptors (Lipinski definition) is 4. The number of carbonyl (C=O) groups is 1. The Balaban J connectivity index is 1.47. The number of nitrogens with zero attached hydrogens (tertiary/aromatic N) is 2. The van der Waals surface area contributed by atoms with Gasteiger partial charge in [-0.3, -0.25) is 4.79 Å². The van der Waals surface area contributed by atoms with Gasteiger partial charge in [-0.1, -0.05) is 18.2 Å². The van der Waals surface area contributed by atoms with E-state index in [1.165, 1.54) is 21.9 Å². The molecular formula is C22H26N2O3S2. The quantitative estimate of drug-likeness (QED) is 0.698. The standard InChI is InChI=1S/C22H26N2O3S2/c1-28-21-9-5-4-8-20(21)22(25)23-12-14-24(15-13-23)29(26,27)19-11-10-17-6-2-3-7-18(17)16-19/h4-5,8-11,16H,2-3,6-7,12-15H2,1H3. The van der Waals surface area contributed by atoms with Crippen LogP contribution in [-0.2, 0) is 22.9 Å². The molecule has 2 aromatic rings. The molecule has 0 spiro atoms. The average Bonchev–Trinajstić information content (AvgIpc) is 2.78. The van der Waals surface area contributed by atoms with E-state index in [0.717, 1.165) is 24.2 Å². The van der Waals surface area contributed by atoms with Gasteiger partial charge in [-0.05, 0) is 67.3 Å². The molecule has 2 aliphatic rings. The SMILES string of the molecule is CSc1ccccc1C(=O)N1CCN(S(=O)(=O)c2ccc3c(c2)CCCC3)CC1. The Morgan fingerprint density at radius 3 is 2.34 bits per heavy atom. The molecule has 0 radical (unpaired) electrons. The number of sulfonamides is 1. The van der Waals surface area contributed by atoms with Crippen molar-refractivity contribution in [1.29, 1.82) is 0 Å². The van der Waals surface area contributed by atoms with Crippen molar-refractivity contribution in [3.8, 4) is 0 Å². The topological polar surface area (TPSA) is 57.7 Å². The molecule has 0 atom stereocenters. The first-order valence-electron chi connectivity index (χ1n) is 10.0. The van der Waals surface area contributed by atoms with Gasteiger partial charge in [0.25, 0.3) is 5.91 Å². The summed E-state index contributed by atoms with van der Waals surface area (Å²) >= 11 is 1.55. The molecule has 0 unspecified atom stereocenters. The highest BCUT2D eigenvalue weighted by Gasteiger charge is 2.31. The molecule has 7 heteroatoms.